The number of halogens is 4. The summed E-state index contributed by atoms with van der Waals surface area (Å²) in [4.78, 5) is 7.83. The fourth-order valence-electron chi connectivity index (χ4n) is 2.44. The SMILES string of the molecule is OCCc1ccc(Nc2cc(C(F)(F)F)nc(-c3cccc(Cl)c3)n2)cc1. The first-order valence-corrected chi connectivity index (χ1v) is 8.42. The maximum absolute atomic E-state index is 13.3. The third-order valence-electron chi connectivity index (χ3n) is 3.73. The zero-order valence-corrected chi connectivity index (χ0v) is 14.7. The molecule has 0 saturated heterocycles. The summed E-state index contributed by atoms with van der Waals surface area (Å²) in [5.41, 5.74) is 0.823. The summed E-state index contributed by atoms with van der Waals surface area (Å²) in [5, 5.41) is 12.2. The fraction of sp³-hybridized carbons (Fsp3) is 0.158. The second-order valence-corrected chi connectivity index (χ2v) is 6.20. The molecule has 0 fully saturated rings. The van der Waals surface area contributed by atoms with Gasteiger partial charge in [0.2, 0.25) is 0 Å². The lowest BCUT2D eigenvalue weighted by Crippen LogP contribution is -2.11. The predicted octanol–water partition coefficient (Wildman–Crippen LogP) is 5.09. The van der Waals surface area contributed by atoms with Gasteiger partial charge in [-0.1, -0.05) is 35.9 Å². The van der Waals surface area contributed by atoms with Crippen LogP contribution in [0, 0.1) is 0 Å². The van der Waals surface area contributed by atoms with E-state index in [4.69, 9.17) is 16.7 Å². The van der Waals surface area contributed by atoms with Crippen LogP contribution in [0.5, 0.6) is 0 Å². The average Bonchev–Trinajstić information content (AvgIpc) is 2.63. The van der Waals surface area contributed by atoms with Crippen LogP contribution >= 0.6 is 11.6 Å². The van der Waals surface area contributed by atoms with Crippen molar-refractivity contribution >= 4 is 23.1 Å². The van der Waals surface area contributed by atoms with Crippen LogP contribution in [0.3, 0.4) is 0 Å². The van der Waals surface area contributed by atoms with Gasteiger partial charge in [0, 0.05) is 28.9 Å². The topological polar surface area (TPSA) is 58.0 Å². The summed E-state index contributed by atoms with van der Waals surface area (Å²) in [6.07, 6.45) is -4.11. The van der Waals surface area contributed by atoms with Gasteiger partial charge < -0.3 is 10.4 Å². The molecule has 0 aliphatic carbocycles. The molecule has 0 unspecified atom stereocenters. The van der Waals surface area contributed by atoms with Crippen LogP contribution in [0.2, 0.25) is 5.02 Å². The molecule has 1 aromatic heterocycles. The minimum atomic E-state index is -4.61. The van der Waals surface area contributed by atoms with Gasteiger partial charge in [0.15, 0.2) is 11.5 Å². The number of aliphatic hydroxyl groups excluding tert-OH is 1. The molecule has 4 nitrogen and oxygen atoms in total. The fourth-order valence-corrected chi connectivity index (χ4v) is 2.64. The number of aromatic nitrogens is 2. The molecule has 2 N–H and O–H groups in total. The lowest BCUT2D eigenvalue weighted by molar-refractivity contribution is -0.141. The zero-order valence-electron chi connectivity index (χ0n) is 14.0. The number of alkyl halides is 3. The molecule has 0 atom stereocenters. The Kier molecular flexibility index (Phi) is 5.62. The number of nitrogens with zero attached hydrogens (tertiary/aromatic N) is 2. The molecule has 8 heteroatoms. The zero-order chi connectivity index (χ0) is 19.4. The first kappa shape index (κ1) is 19.1. The minimum absolute atomic E-state index is 0.0159. The van der Waals surface area contributed by atoms with Crippen LogP contribution in [-0.4, -0.2) is 21.7 Å². The van der Waals surface area contributed by atoms with Gasteiger partial charge in [0.1, 0.15) is 5.82 Å². The van der Waals surface area contributed by atoms with Crippen LogP contribution in [-0.2, 0) is 12.6 Å². The molecule has 0 saturated carbocycles. The van der Waals surface area contributed by atoms with E-state index in [1.165, 1.54) is 6.07 Å². The van der Waals surface area contributed by atoms with E-state index in [0.29, 0.717) is 22.7 Å². The van der Waals surface area contributed by atoms with Gasteiger partial charge in [-0.05, 0) is 36.2 Å². The Bertz CT molecular complexity index is 930. The van der Waals surface area contributed by atoms with E-state index in [-0.39, 0.29) is 18.2 Å². The lowest BCUT2D eigenvalue weighted by Gasteiger charge is -2.12. The number of anilines is 2. The van der Waals surface area contributed by atoms with Crippen LogP contribution in [0.25, 0.3) is 11.4 Å². The molecule has 0 aliphatic rings. The van der Waals surface area contributed by atoms with Crippen LogP contribution in [0.4, 0.5) is 24.7 Å². The van der Waals surface area contributed by atoms with Crippen LogP contribution in [0.1, 0.15) is 11.3 Å². The van der Waals surface area contributed by atoms with Crippen LogP contribution in [0.15, 0.2) is 54.6 Å². The number of nitrogens with one attached hydrogen (secondary N) is 1. The van der Waals surface area contributed by atoms with Crippen molar-refractivity contribution in [2.45, 2.75) is 12.6 Å². The Morgan fingerprint density at radius 2 is 1.74 bits per heavy atom. The predicted molar refractivity (Wildman–Crippen MR) is 98.0 cm³/mol. The molecule has 3 rings (SSSR count). The van der Waals surface area contributed by atoms with E-state index in [1.807, 2.05) is 0 Å². The summed E-state index contributed by atoms with van der Waals surface area (Å²) in [6, 6.07) is 14.2. The van der Waals surface area contributed by atoms with E-state index in [0.717, 1.165) is 11.6 Å². The van der Waals surface area contributed by atoms with Gasteiger partial charge in [-0.3, -0.25) is 0 Å². The molecule has 0 amide bonds. The van der Waals surface area contributed by atoms with E-state index in [9.17, 15) is 13.2 Å². The van der Waals surface area contributed by atoms with Crippen molar-refractivity contribution in [3.05, 3.63) is 70.9 Å². The molecule has 0 aliphatic heterocycles. The first-order valence-electron chi connectivity index (χ1n) is 8.04. The molecule has 0 radical (unpaired) electrons. The van der Waals surface area contributed by atoms with Crippen molar-refractivity contribution < 1.29 is 18.3 Å². The Morgan fingerprint density at radius 3 is 2.37 bits per heavy atom. The number of benzene rings is 2. The average molecular weight is 394 g/mol. The molecule has 0 spiro atoms. The Labute approximate surface area is 158 Å². The normalized spacial score (nSPS) is 11.4. The third kappa shape index (κ3) is 4.96. The molecule has 27 heavy (non-hydrogen) atoms. The highest BCUT2D eigenvalue weighted by Gasteiger charge is 2.33. The third-order valence-corrected chi connectivity index (χ3v) is 3.96. The summed E-state index contributed by atoms with van der Waals surface area (Å²) >= 11 is 5.92. The summed E-state index contributed by atoms with van der Waals surface area (Å²) in [5.74, 6) is -0.0612. The maximum Gasteiger partial charge on any atom is 0.433 e. The quantitative estimate of drug-likeness (QED) is 0.633. The highest BCUT2D eigenvalue weighted by atomic mass is 35.5. The van der Waals surface area contributed by atoms with E-state index in [2.05, 4.69) is 15.3 Å². The van der Waals surface area contributed by atoms with Crippen molar-refractivity contribution in [3.63, 3.8) is 0 Å². The molecule has 3 aromatic rings. The molecule has 2 aromatic carbocycles. The van der Waals surface area contributed by atoms with Gasteiger partial charge in [-0.25, -0.2) is 9.97 Å². The van der Waals surface area contributed by atoms with Gasteiger partial charge in [0.25, 0.3) is 0 Å². The summed E-state index contributed by atoms with van der Waals surface area (Å²) in [7, 11) is 0. The van der Waals surface area contributed by atoms with Crippen molar-refractivity contribution in [2.24, 2.45) is 0 Å². The maximum atomic E-state index is 13.3. The number of rotatable bonds is 5. The van der Waals surface area contributed by atoms with Crippen molar-refractivity contribution in [1.82, 2.24) is 9.97 Å². The molecule has 140 valence electrons. The monoisotopic (exact) mass is 393 g/mol. The van der Waals surface area contributed by atoms with E-state index < -0.39 is 11.9 Å². The van der Waals surface area contributed by atoms with Crippen molar-refractivity contribution in [3.8, 4) is 11.4 Å². The number of hydrogen-bond acceptors (Lipinski definition) is 4. The van der Waals surface area contributed by atoms with Gasteiger partial charge in [-0.15, -0.1) is 0 Å². The standard InChI is InChI=1S/C19H15ClF3N3O/c20-14-3-1-2-13(10-14)18-25-16(19(21,22)23)11-17(26-18)24-15-6-4-12(5-7-15)8-9-27/h1-7,10-11,27H,8-9H2,(H,24,25,26). The van der Waals surface area contributed by atoms with E-state index >= 15 is 0 Å². The Balaban J connectivity index is 1.97. The second kappa shape index (κ2) is 7.94. The largest absolute Gasteiger partial charge is 0.433 e. The highest BCUT2D eigenvalue weighted by Crippen LogP contribution is 2.32. The van der Waals surface area contributed by atoms with Crippen molar-refractivity contribution in [2.75, 3.05) is 11.9 Å². The van der Waals surface area contributed by atoms with Gasteiger partial charge >= 0.3 is 6.18 Å². The number of aliphatic hydroxyl groups is 1. The smallest absolute Gasteiger partial charge is 0.396 e. The molecular formula is C19H15ClF3N3O. The van der Waals surface area contributed by atoms with E-state index in [1.54, 1.807) is 42.5 Å². The molecule has 0 bridgehead atoms. The lowest BCUT2D eigenvalue weighted by atomic mass is 10.1. The molecular weight excluding hydrogens is 379 g/mol. The Morgan fingerprint density at radius 1 is 1.00 bits per heavy atom. The second-order valence-electron chi connectivity index (χ2n) is 5.77. The van der Waals surface area contributed by atoms with Gasteiger partial charge in [0.05, 0.1) is 0 Å². The Hall–Kier alpha value is -2.64. The summed E-state index contributed by atoms with van der Waals surface area (Å²) < 4.78 is 39.8. The highest BCUT2D eigenvalue weighted by molar-refractivity contribution is 6.30. The minimum Gasteiger partial charge on any atom is -0.396 e. The molecule has 1 heterocycles. The number of hydrogen-bond donors (Lipinski definition) is 2. The first-order chi connectivity index (χ1) is 12.8. The summed E-state index contributed by atoms with van der Waals surface area (Å²) in [6.45, 7) is 0.0244. The van der Waals surface area contributed by atoms with Crippen molar-refractivity contribution in [1.29, 1.82) is 0 Å². The van der Waals surface area contributed by atoms with Crippen LogP contribution < -0.4 is 5.32 Å². The van der Waals surface area contributed by atoms with Gasteiger partial charge in [-0.2, -0.15) is 13.2 Å².